The maximum Gasteiger partial charge on any atom is 0.347 e. The van der Waals surface area contributed by atoms with Crippen molar-refractivity contribution in [3.63, 3.8) is 0 Å². The number of aromatic nitrogens is 1. The number of fused-ring (bicyclic) bond motifs is 2. The summed E-state index contributed by atoms with van der Waals surface area (Å²) in [5.74, 6) is -0.0304. The van der Waals surface area contributed by atoms with Gasteiger partial charge in [-0.25, -0.2) is 9.78 Å². The summed E-state index contributed by atoms with van der Waals surface area (Å²) in [5.41, 5.74) is 0.736. The molecule has 1 aliphatic carbocycles. The highest BCUT2D eigenvalue weighted by atomic mass is 32.1. The van der Waals surface area contributed by atoms with Gasteiger partial charge in [0, 0.05) is 12.6 Å². The number of hydrogen-bond acceptors (Lipinski definition) is 4. The zero-order chi connectivity index (χ0) is 12.0. The van der Waals surface area contributed by atoms with Crippen LogP contribution in [-0.4, -0.2) is 28.6 Å². The van der Waals surface area contributed by atoms with Crippen LogP contribution in [0.15, 0.2) is 0 Å². The summed E-state index contributed by atoms with van der Waals surface area (Å²) < 4.78 is 0. The number of carboxylic acids is 1. The first-order chi connectivity index (χ1) is 8.19. The predicted molar refractivity (Wildman–Crippen MR) is 66.9 cm³/mol. The van der Waals surface area contributed by atoms with Crippen molar-refractivity contribution in [2.24, 2.45) is 5.92 Å². The number of carboxylic acid groups (broad SMARTS) is 1. The molecule has 1 saturated carbocycles. The van der Waals surface area contributed by atoms with Crippen LogP contribution in [0.1, 0.15) is 41.6 Å². The lowest BCUT2D eigenvalue weighted by Gasteiger charge is -2.26. The first-order valence-electron chi connectivity index (χ1n) is 6.18. The molecule has 0 aromatic carbocycles. The number of aryl methyl sites for hydroxylation is 1. The van der Waals surface area contributed by atoms with Crippen LogP contribution in [0, 0.1) is 5.92 Å². The molecular weight excluding hydrogens is 236 g/mol. The Hall–Kier alpha value is -1.10. The van der Waals surface area contributed by atoms with Crippen molar-refractivity contribution < 1.29 is 9.90 Å². The first-order valence-corrected chi connectivity index (χ1v) is 7.00. The lowest BCUT2D eigenvalue weighted by Crippen LogP contribution is -2.31. The highest BCUT2D eigenvalue weighted by molar-refractivity contribution is 7.17. The van der Waals surface area contributed by atoms with Gasteiger partial charge in [0.25, 0.3) is 0 Å². The Morgan fingerprint density at radius 2 is 2.41 bits per heavy atom. The minimum atomic E-state index is -0.838. The van der Waals surface area contributed by atoms with Crippen LogP contribution >= 0.6 is 11.3 Å². The fourth-order valence-corrected chi connectivity index (χ4v) is 4.10. The number of carbonyl (C=O) groups is 1. The van der Waals surface area contributed by atoms with Crippen LogP contribution in [0.3, 0.4) is 0 Å². The van der Waals surface area contributed by atoms with E-state index in [1.807, 2.05) is 6.92 Å². The maximum atomic E-state index is 11.1. The van der Waals surface area contributed by atoms with Crippen LogP contribution in [0.4, 0.5) is 5.13 Å². The lowest BCUT2D eigenvalue weighted by molar-refractivity contribution is 0.0701. The van der Waals surface area contributed by atoms with Gasteiger partial charge in [-0.15, -0.1) is 0 Å². The standard InChI is InChI=1S/C12H16N2O2S/c1-2-9-10(11(15)16)17-12(13-9)14-6-7-3-4-8(14)5-7/h7-8H,2-6H2,1H3,(H,15,16). The minimum absolute atomic E-state index is 0.422. The summed E-state index contributed by atoms with van der Waals surface area (Å²) in [6, 6.07) is 0.609. The van der Waals surface area contributed by atoms with Crippen molar-refractivity contribution in [3.8, 4) is 0 Å². The van der Waals surface area contributed by atoms with Gasteiger partial charge in [-0.3, -0.25) is 0 Å². The summed E-state index contributed by atoms with van der Waals surface area (Å²) in [5, 5.41) is 10.1. The van der Waals surface area contributed by atoms with Crippen molar-refractivity contribution in [1.82, 2.24) is 4.98 Å². The molecule has 0 amide bonds. The van der Waals surface area contributed by atoms with E-state index in [9.17, 15) is 4.79 Å². The van der Waals surface area contributed by atoms with Crippen molar-refractivity contribution >= 4 is 22.4 Å². The van der Waals surface area contributed by atoms with E-state index in [-0.39, 0.29) is 0 Å². The Kier molecular flexibility index (Phi) is 2.58. The van der Waals surface area contributed by atoms with E-state index in [0.29, 0.717) is 17.3 Å². The monoisotopic (exact) mass is 252 g/mol. The normalized spacial score (nSPS) is 26.8. The molecule has 1 saturated heterocycles. The van der Waals surface area contributed by atoms with Gasteiger partial charge in [-0.2, -0.15) is 0 Å². The molecule has 1 N–H and O–H groups in total. The molecule has 0 spiro atoms. The van der Waals surface area contributed by atoms with Gasteiger partial charge in [0.05, 0.1) is 5.69 Å². The molecule has 0 radical (unpaired) electrons. The van der Waals surface area contributed by atoms with E-state index in [1.165, 1.54) is 30.6 Å². The molecule has 2 unspecified atom stereocenters. The maximum absolute atomic E-state index is 11.1. The number of thiazole rings is 1. The van der Waals surface area contributed by atoms with Crippen molar-refractivity contribution in [1.29, 1.82) is 0 Å². The van der Waals surface area contributed by atoms with E-state index in [1.54, 1.807) is 0 Å². The number of rotatable bonds is 3. The summed E-state index contributed by atoms with van der Waals surface area (Å²) >= 11 is 1.34. The smallest absolute Gasteiger partial charge is 0.347 e. The second-order valence-corrected chi connectivity index (χ2v) is 5.89. The lowest BCUT2D eigenvalue weighted by atomic mass is 10.1. The fraction of sp³-hybridized carbons (Fsp3) is 0.667. The molecule has 92 valence electrons. The third-order valence-electron chi connectivity index (χ3n) is 3.87. The SMILES string of the molecule is CCc1nc(N2CC3CCC2C3)sc1C(=O)O. The highest BCUT2D eigenvalue weighted by Gasteiger charge is 2.39. The fourth-order valence-electron chi connectivity index (χ4n) is 3.03. The molecule has 2 fully saturated rings. The summed E-state index contributed by atoms with van der Waals surface area (Å²) in [7, 11) is 0. The number of piperidine rings is 1. The van der Waals surface area contributed by atoms with E-state index in [0.717, 1.165) is 23.3 Å². The molecule has 2 heterocycles. The number of nitrogens with zero attached hydrogens (tertiary/aromatic N) is 2. The van der Waals surface area contributed by atoms with Gasteiger partial charge >= 0.3 is 5.97 Å². The molecule has 17 heavy (non-hydrogen) atoms. The quantitative estimate of drug-likeness (QED) is 0.897. The second kappa shape index (κ2) is 3.98. The Labute approximate surface area is 104 Å². The molecule has 2 bridgehead atoms. The molecule has 1 aromatic rings. The van der Waals surface area contributed by atoms with Gasteiger partial charge in [-0.1, -0.05) is 18.3 Å². The van der Waals surface area contributed by atoms with E-state index < -0.39 is 5.97 Å². The summed E-state index contributed by atoms with van der Waals surface area (Å²) in [6.45, 7) is 3.03. The van der Waals surface area contributed by atoms with Crippen LogP contribution in [0.2, 0.25) is 0 Å². The van der Waals surface area contributed by atoms with Gasteiger partial charge in [-0.05, 0) is 31.6 Å². The van der Waals surface area contributed by atoms with Gasteiger partial charge in [0.15, 0.2) is 5.13 Å². The van der Waals surface area contributed by atoms with Crippen molar-refractivity contribution in [2.45, 2.75) is 38.6 Å². The zero-order valence-corrected chi connectivity index (χ0v) is 10.7. The predicted octanol–water partition coefficient (Wildman–Crippen LogP) is 2.39. The van der Waals surface area contributed by atoms with Crippen molar-refractivity contribution in [2.75, 3.05) is 11.4 Å². The molecular formula is C12H16N2O2S. The number of hydrogen-bond donors (Lipinski definition) is 1. The molecule has 2 atom stereocenters. The summed E-state index contributed by atoms with van der Waals surface area (Å²) in [6.07, 6.45) is 4.54. The van der Waals surface area contributed by atoms with Gasteiger partial charge in [0.2, 0.25) is 0 Å². The van der Waals surface area contributed by atoms with Crippen molar-refractivity contribution in [3.05, 3.63) is 10.6 Å². The molecule has 3 rings (SSSR count). The molecule has 1 aliphatic heterocycles. The summed E-state index contributed by atoms with van der Waals surface area (Å²) in [4.78, 5) is 18.4. The van der Waals surface area contributed by atoms with E-state index in [4.69, 9.17) is 5.11 Å². The number of anilines is 1. The Balaban J connectivity index is 1.91. The Morgan fingerprint density at radius 3 is 2.88 bits per heavy atom. The van der Waals surface area contributed by atoms with Crippen LogP contribution in [-0.2, 0) is 6.42 Å². The topological polar surface area (TPSA) is 53.4 Å². The van der Waals surface area contributed by atoms with Gasteiger partial charge in [0.1, 0.15) is 4.88 Å². The Bertz CT molecular complexity index is 457. The second-order valence-electron chi connectivity index (χ2n) is 4.92. The highest BCUT2D eigenvalue weighted by Crippen LogP contribution is 2.42. The largest absolute Gasteiger partial charge is 0.477 e. The first kappa shape index (κ1) is 11.0. The third-order valence-corrected chi connectivity index (χ3v) is 4.99. The van der Waals surface area contributed by atoms with Crippen LogP contribution in [0.25, 0.3) is 0 Å². The molecule has 5 heteroatoms. The average Bonchev–Trinajstić information content (AvgIpc) is 3.02. The Morgan fingerprint density at radius 1 is 1.59 bits per heavy atom. The molecule has 4 nitrogen and oxygen atoms in total. The van der Waals surface area contributed by atoms with E-state index >= 15 is 0 Å². The molecule has 2 aliphatic rings. The minimum Gasteiger partial charge on any atom is -0.477 e. The van der Waals surface area contributed by atoms with E-state index in [2.05, 4.69) is 9.88 Å². The third kappa shape index (κ3) is 1.73. The average molecular weight is 252 g/mol. The number of aromatic carboxylic acids is 1. The van der Waals surface area contributed by atoms with Crippen LogP contribution in [0.5, 0.6) is 0 Å². The molecule has 1 aromatic heterocycles. The van der Waals surface area contributed by atoms with Crippen LogP contribution < -0.4 is 4.90 Å². The van der Waals surface area contributed by atoms with Gasteiger partial charge < -0.3 is 10.0 Å². The zero-order valence-electron chi connectivity index (χ0n) is 9.85.